The minimum absolute atomic E-state index is 0.0322. The molecule has 1 aromatic carbocycles. The Morgan fingerprint density at radius 2 is 2.11 bits per heavy atom. The highest BCUT2D eigenvalue weighted by Crippen LogP contribution is 2.19. The van der Waals surface area contributed by atoms with Crippen molar-refractivity contribution in [1.29, 1.82) is 0 Å². The average Bonchev–Trinajstić information content (AvgIpc) is 3.13. The fraction of sp³-hybridized carbons (Fsp3) is 0.450. The molecule has 1 aromatic heterocycles. The number of aryl methyl sites for hydroxylation is 2. The third-order valence-corrected chi connectivity index (χ3v) is 4.98. The zero-order valence-electron chi connectivity index (χ0n) is 16.4. The van der Waals surface area contributed by atoms with Crippen LogP contribution in [0.4, 0.5) is 5.69 Å². The van der Waals surface area contributed by atoms with E-state index >= 15 is 0 Å². The molecule has 2 amide bonds. The lowest BCUT2D eigenvalue weighted by Crippen LogP contribution is -2.50. The van der Waals surface area contributed by atoms with E-state index in [4.69, 9.17) is 0 Å². The zero-order valence-corrected chi connectivity index (χ0v) is 16.4. The lowest BCUT2D eigenvalue weighted by atomic mass is 10.1. The molecular weight excluding hydrogens is 356 g/mol. The molecule has 150 valence electrons. The van der Waals surface area contributed by atoms with E-state index in [1.165, 1.54) is 0 Å². The number of anilines is 1. The third-order valence-electron chi connectivity index (χ3n) is 4.98. The molecule has 1 aliphatic heterocycles. The lowest BCUT2D eigenvalue weighted by Gasteiger charge is -2.35. The van der Waals surface area contributed by atoms with Gasteiger partial charge in [0.2, 0.25) is 11.8 Å². The first-order valence-electron chi connectivity index (χ1n) is 9.65. The number of para-hydroxylation sites is 1. The van der Waals surface area contributed by atoms with Gasteiger partial charge in [0.25, 0.3) is 0 Å². The summed E-state index contributed by atoms with van der Waals surface area (Å²) in [5.74, 6) is 0.532. The van der Waals surface area contributed by atoms with Gasteiger partial charge in [-0.15, -0.1) is 0 Å². The summed E-state index contributed by atoms with van der Waals surface area (Å²) in [7, 11) is 1.95. The molecule has 1 fully saturated rings. The summed E-state index contributed by atoms with van der Waals surface area (Å²) in [6, 6.07) is 7.72. The van der Waals surface area contributed by atoms with Crippen molar-refractivity contribution in [2.24, 2.45) is 7.05 Å². The molecule has 1 unspecified atom stereocenters. The molecule has 3 rings (SSSR count). The molecule has 3 N–H and O–H groups in total. The number of carbonyl (C=O) groups is 2. The first kappa shape index (κ1) is 20.0. The maximum Gasteiger partial charge on any atom is 0.243 e. The van der Waals surface area contributed by atoms with E-state index in [0.29, 0.717) is 0 Å². The molecule has 1 saturated heterocycles. The normalized spacial score (nSPS) is 17.3. The van der Waals surface area contributed by atoms with Gasteiger partial charge in [-0.3, -0.25) is 14.5 Å². The minimum atomic E-state index is -0.227. The number of hydrogen-bond acceptors (Lipinski definition) is 5. The van der Waals surface area contributed by atoms with Gasteiger partial charge in [0.15, 0.2) is 0 Å². The van der Waals surface area contributed by atoms with Gasteiger partial charge in [-0.2, -0.15) is 0 Å². The van der Waals surface area contributed by atoms with Crippen LogP contribution >= 0.6 is 0 Å². The number of carbonyl (C=O) groups excluding carboxylic acids is 2. The van der Waals surface area contributed by atoms with E-state index in [1.807, 2.05) is 49.0 Å². The van der Waals surface area contributed by atoms with Crippen LogP contribution in [0, 0.1) is 0 Å². The Morgan fingerprint density at radius 1 is 1.29 bits per heavy atom. The number of aromatic nitrogens is 2. The van der Waals surface area contributed by atoms with Gasteiger partial charge in [0.1, 0.15) is 5.82 Å². The van der Waals surface area contributed by atoms with Gasteiger partial charge >= 0.3 is 0 Å². The molecular formula is C20H28N6O2. The Hall–Kier alpha value is -2.71. The quantitative estimate of drug-likeness (QED) is 0.653. The molecule has 2 aromatic rings. The van der Waals surface area contributed by atoms with Crippen LogP contribution in [0.1, 0.15) is 24.4 Å². The van der Waals surface area contributed by atoms with Crippen LogP contribution in [0.5, 0.6) is 0 Å². The number of rotatable bonds is 7. The molecule has 1 aliphatic rings. The lowest BCUT2D eigenvalue weighted by molar-refractivity contribution is -0.125. The molecule has 8 nitrogen and oxygen atoms in total. The monoisotopic (exact) mass is 384 g/mol. The van der Waals surface area contributed by atoms with Crippen LogP contribution in [0.3, 0.4) is 0 Å². The van der Waals surface area contributed by atoms with Gasteiger partial charge in [0.05, 0.1) is 19.1 Å². The first-order valence-corrected chi connectivity index (χ1v) is 9.65. The predicted octanol–water partition coefficient (Wildman–Crippen LogP) is 0.684. The smallest absolute Gasteiger partial charge is 0.243 e. The number of benzene rings is 1. The van der Waals surface area contributed by atoms with Crippen LogP contribution in [0.2, 0.25) is 0 Å². The van der Waals surface area contributed by atoms with Crippen molar-refractivity contribution in [3.05, 3.63) is 48.0 Å². The highest BCUT2D eigenvalue weighted by Gasteiger charge is 2.28. The molecule has 0 spiro atoms. The van der Waals surface area contributed by atoms with Gasteiger partial charge in [-0.1, -0.05) is 25.1 Å². The fourth-order valence-electron chi connectivity index (χ4n) is 3.45. The van der Waals surface area contributed by atoms with Crippen LogP contribution in [0.15, 0.2) is 36.7 Å². The maximum atomic E-state index is 12.4. The summed E-state index contributed by atoms with van der Waals surface area (Å²) in [5, 5.41) is 8.95. The highest BCUT2D eigenvalue weighted by atomic mass is 16.2. The van der Waals surface area contributed by atoms with Crippen LogP contribution in [0.25, 0.3) is 0 Å². The predicted molar refractivity (Wildman–Crippen MR) is 108 cm³/mol. The van der Waals surface area contributed by atoms with E-state index in [9.17, 15) is 9.59 Å². The van der Waals surface area contributed by atoms with Crippen LogP contribution in [-0.4, -0.2) is 59.0 Å². The summed E-state index contributed by atoms with van der Waals surface area (Å²) in [6.07, 6.45) is 4.50. The fourth-order valence-corrected chi connectivity index (χ4v) is 3.45. The number of piperazine rings is 1. The van der Waals surface area contributed by atoms with E-state index in [0.717, 1.165) is 43.1 Å². The molecule has 1 atom stereocenters. The Kier molecular flexibility index (Phi) is 6.78. The van der Waals surface area contributed by atoms with E-state index in [1.54, 1.807) is 6.20 Å². The van der Waals surface area contributed by atoms with E-state index in [-0.39, 0.29) is 30.9 Å². The average molecular weight is 384 g/mol. The van der Waals surface area contributed by atoms with Crippen molar-refractivity contribution in [2.45, 2.75) is 19.4 Å². The second-order valence-electron chi connectivity index (χ2n) is 6.92. The van der Waals surface area contributed by atoms with Gasteiger partial charge in [-0.25, -0.2) is 4.98 Å². The van der Waals surface area contributed by atoms with Crippen molar-refractivity contribution in [3.8, 4) is 0 Å². The summed E-state index contributed by atoms with van der Waals surface area (Å²) >= 11 is 0. The van der Waals surface area contributed by atoms with Crippen molar-refractivity contribution in [1.82, 2.24) is 25.1 Å². The molecule has 0 radical (unpaired) electrons. The molecule has 2 heterocycles. The van der Waals surface area contributed by atoms with Crippen molar-refractivity contribution in [3.63, 3.8) is 0 Å². The Bertz CT molecular complexity index is 819. The number of nitrogens with zero attached hydrogens (tertiary/aromatic N) is 3. The minimum Gasteiger partial charge on any atom is -0.346 e. The maximum absolute atomic E-state index is 12.4. The van der Waals surface area contributed by atoms with E-state index < -0.39 is 0 Å². The SMILES string of the molecule is CCc1ccccc1NC(=O)CNC(=O)CN1CCNCC1c1nccn1C. The molecule has 0 bridgehead atoms. The number of hydrogen-bond donors (Lipinski definition) is 3. The van der Waals surface area contributed by atoms with Crippen LogP contribution in [-0.2, 0) is 23.1 Å². The summed E-state index contributed by atoms with van der Waals surface area (Å²) in [4.78, 5) is 31.1. The standard InChI is InChI=1S/C20H28N6O2/c1-3-15-6-4-5-7-16(15)24-18(27)13-23-19(28)14-26-11-8-21-12-17(26)20-22-9-10-25(20)2/h4-7,9-10,17,21H,3,8,11-14H2,1-2H3,(H,23,28)(H,24,27). The van der Waals surface area contributed by atoms with Gasteiger partial charge in [0, 0.05) is 44.8 Å². The summed E-state index contributed by atoms with van der Waals surface area (Å²) in [5.41, 5.74) is 1.86. The second kappa shape index (κ2) is 9.48. The number of amides is 2. The zero-order chi connectivity index (χ0) is 19.9. The second-order valence-corrected chi connectivity index (χ2v) is 6.92. The Labute approximate surface area is 165 Å². The van der Waals surface area contributed by atoms with Gasteiger partial charge < -0.3 is 20.5 Å². The first-order chi connectivity index (χ1) is 13.6. The number of imidazole rings is 1. The third kappa shape index (κ3) is 4.96. The van der Waals surface area contributed by atoms with Gasteiger partial charge in [-0.05, 0) is 18.1 Å². The van der Waals surface area contributed by atoms with Crippen molar-refractivity contribution >= 4 is 17.5 Å². The van der Waals surface area contributed by atoms with E-state index in [2.05, 4.69) is 25.8 Å². The van der Waals surface area contributed by atoms with Crippen molar-refractivity contribution in [2.75, 3.05) is 38.0 Å². The molecule has 8 heteroatoms. The van der Waals surface area contributed by atoms with Crippen molar-refractivity contribution < 1.29 is 9.59 Å². The summed E-state index contributed by atoms with van der Waals surface area (Å²) in [6.45, 7) is 4.54. The molecule has 0 saturated carbocycles. The largest absolute Gasteiger partial charge is 0.346 e. The Morgan fingerprint density at radius 3 is 2.86 bits per heavy atom. The topological polar surface area (TPSA) is 91.3 Å². The highest BCUT2D eigenvalue weighted by molar-refractivity contribution is 5.95. The van der Waals surface area contributed by atoms with Crippen LogP contribution < -0.4 is 16.0 Å². The molecule has 28 heavy (non-hydrogen) atoms. The number of nitrogens with one attached hydrogen (secondary N) is 3. The summed E-state index contributed by atoms with van der Waals surface area (Å²) < 4.78 is 1.97. The Balaban J connectivity index is 1.52. The molecule has 0 aliphatic carbocycles.